The van der Waals surface area contributed by atoms with Crippen LogP contribution in [-0.2, 0) is 14.3 Å². The fourth-order valence-corrected chi connectivity index (χ4v) is 3.46. The van der Waals surface area contributed by atoms with E-state index in [0.717, 1.165) is 35.8 Å². The maximum Gasteiger partial charge on any atom is 0.232 e. The maximum atomic E-state index is 12.6. The first-order valence-electron chi connectivity index (χ1n) is 7.04. The Hall–Kier alpha value is -0.910. The summed E-state index contributed by atoms with van der Waals surface area (Å²) in [5, 5.41) is 2.97. The predicted octanol–water partition coefficient (Wildman–Crippen LogP) is 3.32. The molecule has 1 unspecified atom stereocenters. The molecule has 1 saturated carbocycles. The van der Waals surface area contributed by atoms with E-state index in [2.05, 4.69) is 21.2 Å². The van der Waals surface area contributed by atoms with Crippen LogP contribution in [0.25, 0.3) is 0 Å². The lowest BCUT2D eigenvalue weighted by molar-refractivity contribution is -0.210. The number of halogens is 1. The smallest absolute Gasteiger partial charge is 0.232 e. The summed E-state index contributed by atoms with van der Waals surface area (Å²) in [6.07, 6.45) is 3.73. The monoisotopic (exact) mass is 339 g/mol. The van der Waals surface area contributed by atoms with E-state index in [-0.39, 0.29) is 11.8 Å². The van der Waals surface area contributed by atoms with Crippen LogP contribution in [0.5, 0.6) is 0 Å². The van der Waals surface area contributed by atoms with Crippen LogP contribution >= 0.6 is 15.9 Å². The van der Waals surface area contributed by atoms with Gasteiger partial charge in [-0.1, -0.05) is 28.4 Å². The minimum Gasteiger partial charge on any atom is -0.347 e. The third-order valence-electron chi connectivity index (χ3n) is 3.98. The SMILES string of the molecule is O=C(Nc1cccc(Br)c1)C1CCCCC12OCCO2. The van der Waals surface area contributed by atoms with Crippen molar-refractivity contribution in [3.8, 4) is 0 Å². The molecule has 108 valence electrons. The zero-order chi connectivity index (χ0) is 14.0. The van der Waals surface area contributed by atoms with Crippen molar-refractivity contribution in [2.75, 3.05) is 18.5 Å². The molecule has 20 heavy (non-hydrogen) atoms. The Morgan fingerprint density at radius 1 is 1.30 bits per heavy atom. The molecule has 1 N–H and O–H groups in total. The number of amides is 1. The molecule has 1 saturated heterocycles. The third kappa shape index (κ3) is 2.75. The van der Waals surface area contributed by atoms with E-state index >= 15 is 0 Å². The summed E-state index contributed by atoms with van der Waals surface area (Å²) in [7, 11) is 0. The summed E-state index contributed by atoms with van der Waals surface area (Å²) in [5.74, 6) is -0.920. The van der Waals surface area contributed by atoms with E-state index in [4.69, 9.17) is 9.47 Å². The molecular formula is C15H18BrNO3. The fourth-order valence-electron chi connectivity index (χ4n) is 3.06. The van der Waals surface area contributed by atoms with Gasteiger partial charge in [-0.15, -0.1) is 0 Å². The Bertz CT molecular complexity index is 500. The molecule has 1 heterocycles. The topological polar surface area (TPSA) is 47.6 Å². The molecule has 1 aliphatic carbocycles. The van der Waals surface area contributed by atoms with Gasteiger partial charge in [0.1, 0.15) is 0 Å². The van der Waals surface area contributed by atoms with E-state index in [0.29, 0.717) is 13.2 Å². The standard InChI is InChI=1S/C15H18BrNO3/c16-11-4-3-5-12(10-11)17-14(18)13-6-1-2-7-15(13)19-8-9-20-15/h3-5,10,13H,1-2,6-9H2,(H,17,18). The largest absolute Gasteiger partial charge is 0.347 e. The van der Waals surface area contributed by atoms with Gasteiger partial charge in [0.25, 0.3) is 0 Å². The van der Waals surface area contributed by atoms with Crippen molar-refractivity contribution >= 4 is 27.5 Å². The van der Waals surface area contributed by atoms with Crippen molar-refractivity contribution in [1.82, 2.24) is 0 Å². The number of anilines is 1. The van der Waals surface area contributed by atoms with Crippen molar-refractivity contribution in [2.24, 2.45) is 5.92 Å². The Morgan fingerprint density at radius 2 is 2.10 bits per heavy atom. The quantitative estimate of drug-likeness (QED) is 0.898. The first-order chi connectivity index (χ1) is 9.70. The van der Waals surface area contributed by atoms with Crippen LogP contribution in [0.3, 0.4) is 0 Å². The fraction of sp³-hybridized carbons (Fsp3) is 0.533. The highest BCUT2D eigenvalue weighted by atomic mass is 79.9. The normalized spacial score (nSPS) is 24.8. The van der Waals surface area contributed by atoms with Crippen LogP contribution in [0.15, 0.2) is 28.7 Å². The molecule has 0 radical (unpaired) electrons. The Labute approximate surface area is 127 Å². The van der Waals surface area contributed by atoms with Crippen LogP contribution in [0.1, 0.15) is 25.7 Å². The van der Waals surface area contributed by atoms with Gasteiger partial charge in [0, 0.05) is 16.6 Å². The van der Waals surface area contributed by atoms with Gasteiger partial charge in [-0.05, 0) is 31.0 Å². The molecule has 1 spiro atoms. The van der Waals surface area contributed by atoms with Crippen LogP contribution in [0.4, 0.5) is 5.69 Å². The Balaban J connectivity index is 1.75. The maximum absolute atomic E-state index is 12.6. The van der Waals surface area contributed by atoms with Crippen LogP contribution in [0, 0.1) is 5.92 Å². The number of ether oxygens (including phenoxy) is 2. The average Bonchev–Trinajstić information content (AvgIpc) is 2.88. The molecule has 1 aliphatic heterocycles. The first kappa shape index (κ1) is 14.0. The van der Waals surface area contributed by atoms with E-state index in [1.54, 1.807) is 0 Å². The highest BCUT2D eigenvalue weighted by Gasteiger charge is 2.49. The molecule has 1 aromatic carbocycles. The summed E-state index contributed by atoms with van der Waals surface area (Å²) >= 11 is 3.41. The lowest BCUT2D eigenvalue weighted by atomic mass is 9.82. The second-order valence-electron chi connectivity index (χ2n) is 5.31. The van der Waals surface area contributed by atoms with Crippen LogP contribution < -0.4 is 5.32 Å². The van der Waals surface area contributed by atoms with Gasteiger partial charge in [0.05, 0.1) is 19.1 Å². The van der Waals surface area contributed by atoms with Gasteiger partial charge in [-0.25, -0.2) is 0 Å². The Morgan fingerprint density at radius 3 is 2.85 bits per heavy atom. The molecule has 0 aromatic heterocycles. The second-order valence-corrected chi connectivity index (χ2v) is 6.22. The van der Waals surface area contributed by atoms with Crippen molar-refractivity contribution in [3.05, 3.63) is 28.7 Å². The molecular weight excluding hydrogens is 322 g/mol. The van der Waals surface area contributed by atoms with Crippen molar-refractivity contribution in [2.45, 2.75) is 31.5 Å². The summed E-state index contributed by atoms with van der Waals surface area (Å²) in [4.78, 5) is 12.6. The zero-order valence-corrected chi connectivity index (χ0v) is 12.8. The number of rotatable bonds is 2. The lowest BCUT2D eigenvalue weighted by Crippen LogP contribution is -2.47. The van der Waals surface area contributed by atoms with E-state index in [9.17, 15) is 4.79 Å². The Kier molecular flexibility index (Phi) is 4.10. The van der Waals surface area contributed by atoms with Crippen molar-refractivity contribution in [3.63, 3.8) is 0 Å². The molecule has 1 aromatic rings. The minimum atomic E-state index is -0.686. The summed E-state index contributed by atoms with van der Waals surface area (Å²) in [5.41, 5.74) is 0.795. The minimum absolute atomic E-state index is 0.00954. The van der Waals surface area contributed by atoms with Gasteiger partial charge < -0.3 is 14.8 Å². The molecule has 1 atom stereocenters. The van der Waals surface area contributed by atoms with E-state index in [1.807, 2.05) is 24.3 Å². The number of carbonyl (C=O) groups excluding carboxylic acids is 1. The van der Waals surface area contributed by atoms with Gasteiger partial charge in [0.15, 0.2) is 5.79 Å². The summed E-state index contributed by atoms with van der Waals surface area (Å²) in [6, 6.07) is 7.61. The van der Waals surface area contributed by atoms with Gasteiger partial charge in [0.2, 0.25) is 5.91 Å². The number of benzene rings is 1. The molecule has 2 aliphatic rings. The molecule has 3 rings (SSSR count). The second kappa shape index (κ2) is 5.84. The predicted molar refractivity (Wildman–Crippen MR) is 79.4 cm³/mol. The number of carbonyl (C=O) groups is 1. The van der Waals surface area contributed by atoms with Gasteiger partial charge in [-0.2, -0.15) is 0 Å². The van der Waals surface area contributed by atoms with Crippen LogP contribution in [0.2, 0.25) is 0 Å². The molecule has 1 amide bonds. The molecule has 0 bridgehead atoms. The van der Waals surface area contributed by atoms with Crippen LogP contribution in [-0.4, -0.2) is 24.9 Å². The molecule has 5 heteroatoms. The van der Waals surface area contributed by atoms with E-state index < -0.39 is 5.79 Å². The summed E-state index contributed by atoms with van der Waals surface area (Å²) < 4.78 is 12.5. The number of nitrogens with one attached hydrogen (secondary N) is 1. The van der Waals surface area contributed by atoms with Crippen molar-refractivity contribution in [1.29, 1.82) is 0 Å². The third-order valence-corrected chi connectivity index (χ3v) is 4.48. The van der Waals surface area contributed by atoms with Gasteiger partial charge >= 0.3 is 0 Å². The average molecular weight is 340 g/mol. The molecule has 2 fully saturated rings. The number of hydrogen-bond acceptors (Lipinski definition) is 3. The van der Waals surface area contributed by atoms with Gasteiger partial charge in [-0.3, -0.25) is 4.79 Å². The van der Waals surface area contributed by atoms with Crippen molar-refractivity contribution < 1.29 is 14.3 Å². The zero-order valence-electron chi connectivity index (χ0n) is 11.2. The number of hydrogen-bond donors (Lipinski definition) is 1. The first-order valence-corrected chi connectivity index (χ1v) is 7.83. The molecule has 4 nitrogen and oxygen atoms in total. The highest BCUT2D eigenvalue weighted by Crippen LogP contribution is 2.41. The highest BCUT2D eigenvalue weighted by molar-refractivity contribution is 9.10. The van der Waals surface area contributed by atoms with E-state index in [1.165, 1.54) is 0 Å². The lowest BCUT2D eigenvalue weighted by Gasteiger charge is -2.38. The summed E-state index contributed by atoms with van der Waals surface area (Å²) in [6.45, 7) is 1.17.